The second kappa shape index (κ2) is 6.60. The molecule has 2 fully saturated rings. The van der Waals surface area contributed by atoms with E-state index in [-0.39, 0.29) is 5.91 Å². The number of aryl methyl sites for hydroxylation is 2. The summed E-state index contributed by atoms with van der Waals surface area (Å²) in [6.45, 7) is 9.92. The van der Waals surface area contributed by atoms with Crippen LogP contribution >= 0.6 is 0 Å². The van der Waals surface area contributed by atoms with E-state index in [1.807, 2.05) is 18.7 Å². The first-order valence-electron chi connectivity index (χ1n) is 8.19. The van der Waals surface area contributed by atoms with Gasteiger partial charge in [-0.2, -0.15) is 0 Å². The molecular weight excluding hydrogens is 278 g/mol. The van der Waals surface area contributed by atoms with Gasteiger partial charge in [-0.3, -0.25) is 14.7 Å². The molecule has 120 valence electrons. The number of hydrogen-bond acceptors (Lipinski definition) is 5. The van der Waals surface area contributed by atoms with Crippen LogP contribution in [0.4, 0.5) is 5.82 Å². The predicted octanol–water partition coefficient (Wildman–Crippen LogP) is 0.838. The zero-order valence-corrected chi connectivity index (χ0v) is 13.6. The summed E-state index contributed by atoms with van der Waals surface area (Å²) in [7, 11) is 0. The fourth-order valence-corrected chi connectivity index (χ4v) is 3.22. The molecule has 0 atom stereocenters. The van der Waals surface area contributed by atoms with Crippen molar-refractivity contribution in [1.82, 2.24) is 19.8 Å². The number of amides is 1. The summed E-state index contributed by atoms with van der Waals surface area (Å²) in [5, 5.41) is 0. The van der Waals surface area contributed by atoms with Gasteiger partial charge in [0.15, 0.2) is 0 Å². The smallest absolute Gasteiger partial charge is 0.236 e. The van der Waals surface area contributed by atoms with Crippen LogP contribution in [0.1, 0.15) is 24.2 Å². The van der Waals surface area contributed by atoms with E-state index in [0.717, 1.165) is 56.5 Å². The minimum absolute atomic E-state index is 0.272. The summed E-state index contributed by atoms with van der Waals surface area (Å²) in [5.41, 5.74) is 1.90. The second-order valence-electron chi connectivity index (χ2n) is 6.27. The fraction of sp³-hybridized carbons (Fsp3) is 0.688. The van der Waals surface area contributed by atoms with Gasteiger partial charge < -0.3 is 9.80 Å². The fourth-order valence-electron chi connectivity index (χ4n) is 3.22. The Balaban J connectivity index is 1.55. The standard InChI is InChI=1S/C16H25N5O/c1-13-11-17-14(2)16(18-13)21-9-7-20(8-10-21)15(22)12-19-5-3-4-6-19/h11H,3-10,12H2,1-2H3. The van der Waals surface area contributed by atoms with Gasteiger partial charge in [0.2, 0.25) is 5.91 Å². The maximum absolute atomic E-state index is 12.4. The summed E-state index contributed by atoms with van der Waals surface area (Å²) in [5.74, 6) is 1.24. The maximum atomic E-state index is 12.4. The van der Waals surface area contributed by atoms with Gasteiger partial charge in [-0.25, -0.2) is 4.98 Å². The lowest BCUT2D eigenvalue weighted by Gasteiger charge is -2.36. The summed E-state index contributed by atoms with van der Waals surface area (Å²) >= 11 is 0. The van der Waals surface area contributed by atoms with Gasteiger partial charge in [-0.15, -0.1) is 0 Å². The Morgan fingerprint density at radius 1 is 1.09 bits per heavy atom. The minimum atomic E-state index is 0.272. The normalized spacial score (nSPS) is 19.7. The monoisotopic (exact) mass is 303 g/mol. The van der Waals surface area contributed by atoms with Crippen LogP contribution in [0.25, 0.3) is 0 Å². The topological polar surface area (TPSA) is 52.6 Å². The van der Waals surface area contributed by atoms with E-state index in [1.54, 1.807) is 6.20 Å². The van der Waals surface area contributed by atoms with Crippen molar-refractivity contribution in [3.8, 4) is 0 Å². The maximum Gasteiger partial charge on any atom is 0.236 e. The van der Waals surface area contributed by atoms with Crippen molar-refractivity contribution < 1.29 is 4.79 Å². The van der Waals surface area contributed by atoms with Crippen molar-refractivity contribution >= 4 is 11.7 Å². The van der Waals surface area contributed by atoms with E-state index in [1.165, 1.54) is 12.8 Å². The highest BCUT2D eigenvalue weighted by Gasteiger charge is 2.25. The predicted molar refractivity (Wildman–Crippen MR) is 86.0 cm³/mol. The molecule has 2 aliphatic heterocycles. The molecule has 0 spiro atoms. The van der Waals surface area contributed by atoms with E-state index in [0.29, 0.717) is 6.54 Å². The first-order valence-corrected chi connectivity index (χ1v) is 8.19. The third kappa shape index (κ3) is 3.38. The lowest BCUT2D eigenvalue weighted by molar-refractivity contribution is -0.132. The lowest BCUT2D eigenvalue weighted by Crippen LogP contribution is -2.51. The molecule has 3 heterocycles. The second-order valence-corrected chi connectivity index (χ2v) is 6.27. The number of hydrogen-bond donors (Lipinski definition) is 0. The first kappa shape index (κ1) is 15.2. The average Bonchev–Trinajstić information content (AvgIpc) is 3.03. The van der Waals surface area contributed by atoms with Crippen LogP contribution in [-0.2, 0) is 4.79 Å². The Labute approximate surface area is 132 Å². The Bertz CT molecular complexity index is 533. The van der Waals surface area contributed by atoms with Gasteiger partial charge >= 0.3 is 0 Å². The Kier molecular flexibility index (Phi) is 4.57. The summed E-state index contributed by atoms with van der Waals surface area (Å²) in [4.78, 5) is 27.8. The number of anilines is 1. The number of carbonyl (C=O) groups is 1. The molecule has 3 rings (SSSR count). The van der Waals surface area contributed by atoms with Crippen molar-refractivity contribution in [3.05, 3.63) is 17.6 Å². The molecular formula is C16H25N5O. The number of rotatable bonds is 3. The Morgan fingerprint density at radius 3 is 2.45 bits per heavy atom. The number of nitrogens with zero attached hydrogens (tertiary/aromatic N) is 5. The Morgan fingerprint density at radius 2 is 1.77 bits per heavy atom. The molecule has 6 heteroatoms. The quantitative estimate of drug-likeness (QED) is 0.828. The highest BCUT2D eigenvalue weighted by Crippen LogP contribution is 2.17. The molecule has 22 heavy (non-hydrogen) atoms. The van der Waals surface area contributed by atoms with Crippen LogP contribution in [-0.4, -0.2) is 71.5 Å². The molecule has 2 saturated heterocycles. The lowest BCUT2D eigenvalue weighted by atomic mass is 10.2. The number of aromatic nitrogens is 2. The molecule has 0 bridgehead atoms. The molecule has 6 nitrogen and oxygen atoms in total. The van der Waals surface area contributed by atoms with E-state index >= 15 is 0 Å². The third-order valence-electron chi connectivity index (χ3n) is 4.54. The molecule has 1 aromatic heterocycles. The molecule has 0 radical (unpaired) electrons. The van der Waals surface area contributed by atoms with Crippen LogP contribution in [0.15, 0.2) is 6.20 Å². The van der Waals surface area contributed by atoms with Gasteiger partial charge in [0, 0.05) is 32.4 Å². The van der Waals surface area contributed by atoms with Gasteiger partial charge in [0.25, 0.3) is 0 Å². The molecule has 2 aliphatic rings. The number of carbonyl (C=O) groups excluding carboxylic acids is 1. The van der Waals surface area contributed by atoms with E-state index < -0.39 is 0 Å². The van der Waals surface area contributed by atoms with Crippen molar-refractivity contribution in [2.75, 3.05) is 50.7 Å². The van der Waals surface area contributed by atoms with Crippen LogP contribution in [0, 0.1) is 13.8 Å². The highest BCUT2D eigenvalue weighted by atomic mass is 16.2. The Hall–Kier alpha value is -1.69. The van der Waals surface area contributed by atoms with Crippen LogP contribution in [0.3, 0.4) is 0 Å². The molecule has 1 amide bonds. The van der Waals surface area contributed by atoms with Crippen molar-refractivity contribution in [3.63, 3.8) is 0 Å². The summed E-state index contributed by atoms with van der Waals surface area (Å²) in [6, 6.07) is 0. The SMILES string of the molecule is Cc1cnc(C)c(N2CCN(C(=O)CN3CCCC3)CC2)n1. The first-order chi connectivity index (χ1) is 10.6. The average molecular weight is 303 g/mol. The number of likely N-dealkylation sites (tertiary alicyclic amines) is 1. The molecule has 1 aromatic rings. The highest BCUT2D eigenvalue weighted by molar-refractivity contribution is 5.78. The zero-order chi connectivity index (χ0) is 15.5. The molecule has 0 saturated carbocycles. The van der Waals surface area contributed by atoms with E-state index in [9.17, 15) is 4.79 Å². The van der Waals surface area contributed by atoms with Crippen LogP contribution < -0.4 is 4.90 Å². The van der Waals surface area contributed by atoms with Crippen molar-refractivity contribution in [1.29, 1.82) is 0 Å². The van der Waals surface area contributed by atoms with E-state index in [2.05, 4.69) is 19.8 Å². The largest absolute Gasteiger partial charge is 0.352 e. The van der Waals surface area contributed by atoms with Gasteiger partial charge in [-0.1, -0.05) is 0 Å². The van der Waals surface area contributed by atoms with Gasteiger partial charge in [0.1, 0.15) is 5.82 Å². The minimum Gasteiger partial charge on any atom is -0.352 e. The zero-order valence-electron chi connectivity index (χ0n) is 13.6. The molecule has 0 unspecified atom stereocenters. The third-order valence-corrected chi connectivity index (χ3v) is 4.54. The number of piperazine rings is 1. The van der Waals surface area contributed by atoms with Crippen LogP contribution in [0.2, 0.25) is 0 Å². The van der Waals surface area contributed by atoms with Crippen LogP contribution in [0.5, 0.6) is 0 Å². The summed E-state index contributed by atoms with van der Waals surface area (Å²) in [6.07, 6.45) is 4.26. The van der Waals surface area contributed by atoms with Crippen molar-refractivity contribution in [2.45, 2.75) is 26.7 Å². The van der Waals surface area contributed by atoms with Crippen molar-refractivity contribution in [2.24, 2.45) is 0 Å². The molecule has 0 aromatic carbocycles. The molecule has 0 aliphatic carbocycles. The summed E-state index contributed by atoms with van der Waals surface area (Å²) < 4.78 is 0. The van der Waals surface area contributed by atoms with Gasteiger partial charge in [-0.05, 0) is 39.8 Å². The van der Waals surface area contributed by atoms with E-state index in [4.69, 9.17) is 0 Å². The molecule has 0 N–H and O–H groups in total. The van der Waals surface area contributed by atoms with Gasteiger partial charge in [0.05, 0.1) is 17.9 Å².